The standard InChI is InChI=1S/C17H13N3O/c21-17(20-15-8-11-18-12-9-15)14-6-4-13(5-7-14)16-3-1-2-10-19-16/h1-12H,(H,18,20,21). The lowest BCUT2D eigenvalue weighted by molar-refractivity contribution is 0.102. The lowest BCUT2D eigenvalue weighted by Crippen LogP contribution is -2.11. The molecule has 0 bridgehead atoms. The molecule has 1 amide bonds. The Kier molecular flexibility index (Phi) is 3.69. The van der Waals surface area contributed by atoms with Gasteiger partial charge in [0.25, 0.3) is 5.91 Å². The number of anilines is 1. The van der Waals surface area contributed by atoms with Crippen LogP contribution in [0, 0.1) is 0 Å². The molecule has 1 N–H and O–H groups in total. The molecule has 0 aliphatic carbocycles. The van der Waals surface area contributed by atoms with Crippen LogP contribution in [0.3, 0.4) is 0 Å². The average molecular weight is 275 g/mol. The Morgan fingerprint density at radius 3 is 2.29 bits per heavy atom. The average Bonchev–Trinajstić information content (AvgIpc) is 2.57. The predicted octanol–water partition coefficient (Wildman–Crippen LogP) is 3.40. The Labute approximate surface area is 122 Å². The molecule has 0 unspecified atom stereocenters. The fourth-order valence-electron chi connectivity index (χ4n) is 1.96. The number of carbonyl (C=O) groups is 1. The van der Waals surface area contributed by atoms with Gasteiger partial charge in [-0.15, -0.1) is 0 Å². The molecule has 2 heterocycles. The first-order valence-corrected chi connectivity index (χ1v) is 6.56. The molecule has 0 aliphatic heterocycles. The molecule has 3 aromatic rings. The van der Waals surface area contributed by atoms with Crippen molar-refractivity contribution in [3.8, 4) is 11.3 Å². The Morgan fingerprint density at radius 1 is 0.857 bits per heavy atom. The number of hydrogen-bond acceptors (Lipinski definition) is 3. The zero-order valence-electron chi connectivity index (χ0n) is 11.2. The summed E-state index contributed by atoms with van der Waals surface area (Å²) < 4.78 is 0. The minimum atomic E-state index is -0.145. The molecule has 0 atom stereocenters. The van der Waals surface area contributed by atoms with Crippen molar-refractivity contribution in [2.45, 2.75) is 0 Å². The van der Waals surface area contributed by atoms with E-state index >= 15 is 0 Å². The second-order valence-corrected chi connectivity index (χ2v) is 4.48. The lowest BCUT2D eigenvalue weighted by atomic mass is 10.1. The molecule has 2 aromatic heterocycles. The van der Waals surface area contributed by atoms with Crippen LogP contribution in [0.15, 0.2) is 73.2 Å². The van der Waals surface area contributed by atoms with Gasteiger partial charge in [0.15, 0.2) is 0 Å². The highest BCUT2D eigenvalue weighted by Gasteiger charge is 2.06. The molecule has 4 heteroatoms. The minimum Gasteiger partial charge on any atom is -0.322 e. The zero-order valence-corrected chi connectivity index (χ0v) is 11.2. The molecular formula is C17H13N3O. The van der Waals surface area contributed by atoms with Gasteiger partial charge in [-0.2, -0.15) is 0 Å². The first-order valence-electron chi connectivity index (χ1n) is 6.56. The monoisotopic (exact) mass is 275 g/mol. The van der Waals surface area contributed by atoms with Gasteiger partial charge in [0.05, 0.1) is 5.69 Å². The van der Waals surface area contributed by atoms with E-state index in [0.717, 1.165) is 16.9 Å². The Bertz CT molecular complexity index is 725. The smallest absolute Gasteiger partial charge is 0.255 e. The maximum atomic E-state index is 12.1. The first-order chi connectivity index (χ1) is 10.3. The zero-order chi connectivity index (χ0) is 14.5. The van der Waals surface area contributed by atoms with Crippen molar-refractivity contribution in [2.24, 2.45) is 0 Å². The molecular weight excluding hydrogens is 262 g/mol. The molecule has 102 valence electrons. The Morgan fingerprint density at radius 2 is 1.62 bits per heavy atom. The summed E-state index contributed by atoms with van der Waals surface area (Å²) in [5, 5.41) is 2.82. The molecule has 0 aliphatic rings. The number of carbonyl (C=O) groups excluding carboxylic acids is 1. The molecule has 0 spiro atoms. The van der Waals surface area contributed by atoms with Crippen molar-refractivity contribution >= 4 is 11.6 Å². The SMILES string of the molecule is O=C(Nc1ccncc1)c1ccc(-c2ccccn2)cc1. The van der Waals surface area contributed by atoms with Crippen molar-refractivity contribution < 1.29 is 4.79 Å². The Balaban J connectivity index is 1.77. The topological polar surface area (TPSA) is 54.9 Å². The lowest BCUT2D eigenvalue weighted by Gasteiger charge is -2.06. The van der Waals surface area contributed by atoms with Gasteiger partial charge in [-0.3, -0.25) is 14.8 Å². The summed E-state index contributed by atoms with van der Waals surface area (Å²) in [7, 11) is 0. The quantitative estimate of drug-likeness (QED) is 0.797. The van der Waals surface area contributed by atoms with Gasteiger partial charge >= 0.3 is 0 Å². The summed E-state index contributed by atoms with van der Waals surface area (Å²) in [5.74, 6) is -0.145. The van der Waals surface area contributed by atoms with Crippen LogP contribution in [0.4, 0.5) is 5.69 Å². The largest absolute Gasteiger partial charge is 0.322 e. The van der Waals surface area contributed by atoms with E-state index < -0.39 is 0 Å². The predicted molar refractivity (Wildman–Crippen MR) is 81.9 cm³/mol. The van der Waals surface area contributed by atoms with Crippen molar-refractivity contribution in [1.82, 2.24) is 9.97 Å². The van der Waals surface area contributed by atoms with Gasteiger partial charge in [-0.05, 0) is 36.4 Å². The van der Waals surface area contributed by atoms with E-state index in [9.17, 15) is 4.79 Å². The van der Waals surface area contributed by atoms with Crippen molar-refractivity contribution in [2.75, 3.05) is 5.32 Å². The number of nitrogens with zero attached hydrogens (tertiary/aromatic N) is 2. The minimum absolute atomic E-state index is 0.145. The number of benzene rings is 1. The van der Waals surface area contributed by atoms with E-state index in [4.69, 9.17) is 0 Å². The molecule has 0 saturated heterocycles. The van der Waals surface area contributed by atoms with Gasteiger partial charge in [-0.25, -0.2) is 0 Å². The van der Waals surface area contributed by atoms with Crippen LogP contribution in [0.2, 0.25) is 0 Å². The number of hydrogen-bond donors (Lipinski definition) is 1. The first kappa shape index (κ1) is 13.0. The van der Waals surface area contributed by atoms with E-state index in [-0.39, 0.29) is 5.91 Å². The third kappa shape index (κ3) is 3.12. The van der Waals surface area contributed by atoms with E-state index in [1.54, 1.807) is 42.9 Å². The van der Waals surface area contributed by atoms with Crippen LogP contribution in [-0.2, 0) is 0 Å². The van der Waals surface area contributed by atoms with Gasteiger partial charge in [0, 0.05) is 35.4 Å². The van der Waals surface area contributed by atoms with Crippen LogP contribution in [0.25, 0.3) is 11.3 Å². The summed E-state index contributed by atoms with van der Waals surface area (Å²) >= 11 is 0. The van der Waals surface area contributed by atoms with Gasteiger partial charge in [0.2, 0.25) is 0 Å². The van der Waals surface area contributed by atoms with Crippen molar-refractivity contribution in [3.05, 3.63) is 78.8 Å². The summed E-state index contributed by atoms with van der Waals surface area (Å²) in [5.41, 5.74) is 3.20. The highest BCUT2D eigenvalue weighted by Crippen LogP contribution is 2.17. The second kappa shape index (κ2) is 5.96. The number of amides is 1. The normalized spacial score (nSPS) is 10.1. The van der Waals surface area contributed by atoms with Crippen LogP contribution in [-0.4, -0.2) is 15.9 Å². The van der Waals surface area contributed by atoms with Gasteiger partial charge in [-0.1, -0.05) is 18.2 Å². The van der Waals surface area contributed by atoms with Crippen LogP contribution in [0.5, 0.6) is 0 Å². The van der Waals surface area contributed by atoms with Crippen molar-refractivity contribution in [1.29, 1.82) is 0 Å². The maximum absolute atomic E-state index is 12.1. The summed E-state index contributed by atoms with van der Waals surface area (Å²) in [6.45, 7) is 0. The summed E-state index contributed by atoms with van der Waals surface area (Å²) in [6.07, 6.45) is 5.03. The van der Waals surface area contributed by atoms with E-state index in [1.165, 1.54) is 0 Å². The highest BCUT2D eigenvalue weighted by atomic mass is 16.1. The molecule has 21 heavy (non-hydrogen) atoms. The number of nitrogens with one attached hydrogen (secondary N) is 1. The molecule has 4 nitrogen and oxygen atoms in total. The molecule has 3 rings (SSSR count). The fraction of sp³-hybridized carbons (Fsp3) is 0. The second-order valence-electron chi connectivity index (χ2n) is 4.48. The third-order valence-electron chi connectivity index (χ3n) is 3.05. The molecule has 1 aromatic carbocycles. The summed E-state index contributed by atoms with van der Waals surface area (Å²) in [4.78, 5) is 20.3. The maximum Gasteiger partial charge on any atom is 0.255 e. The van der Waals surface area contributed by atoms with Crippen LogP contribution < -0.4 is 5.32 Å². The highest BCUT2D eigenvalue weighted by molar-refractivity contribution is 6.04. The van der Waals surface area contributed by atoms with E-state index in [2.05, 4.69) is 15.3 Å². The van der Waals surface area contributed by atoms with Crippen LogP contribution in [0.1, 0.15) is 10.4 Å². The molecule has 0 fully saturated rings. The molecule has 0 radical (unpaired) electrons. The van der Waals surface area contributed by atoms with E-state index in [1.807, 2.05) is 30.3 Å². The van der Waals surface area contributed by atoms with Gasteiger partial charge in [0.1, 0.15) is 0 Å². The van der Waals surface area contributed by atoms with Crippen molar-refractivity contribution in [3.63, 3.8) is 0 Å². The number of rotatable bonds is 3. The molecule has 0 saturated carbocycles. The Hall–Kier alpha value is -3.01. The van der Waals surface area contributed by atoms with Crippen LogP contribution >= 0.6 is 0 Å². The van der Waals surface area contributed by atoms with E-state index in [0.29, 0.717) is 5.56 Å². The number of pyridine rings is 2. The fourth-order valence-corrected chi connectivity index (χ4v) is 1.96. The summed E-state index contributed by atoms with van der Waals surface area (Å²) in [6, 6.07) is 16.6. The third-order valence-corrected chi connectivity index (χ3v) is 3.05. The van der Waals surface area contributed by atoms with Gasteiger partial charge < -0.3 is 5.32 Å². The number of aromatic nitrogens is 2.